The van der Waals surface area contributed by atoms with Crippen LogP contribution in [0.3, 0.4) is 0 Å². The Kier molecular flexibility index (Phi) is 3.23. The van der Waals surface area contributed by atoms with Crippen molar-refractivity contribution in [1.82, 2.24) is 5.32 Å². The minimum Gasteiger partial charge on any atom is -0.394 e. The summed E-state index contributed by atoms with van der Waals surface area (Å²) >= 11 is 0. The molecule has 1 aromatic carbocycles. The zero-order chi connectivity index (χ0) is 13.5. The van der Waals surface area contributed by atoms with Crippen molar-refractivity contribution in [2.75, 3.05) is 24.6 Å². The second kappa shape index (κ2) is 4.76. The van der Waals surface area contributed by atoms with Gasteiger partial charge in [0.25, 0.3) is 0 Å². The van der Waals surface area contributed by atoms with E-state index in [0.29, 0.717) is 6.04 Å². The SMILES string of the molecule is CC(CO)(CN1CCc2ccc(F)cc21)NC1CC1. The lowest BCUT2D eigenvalue weighted by atomic mass is 10.0. The van der Waals surface area contributed by atoms with Gasteiger partial charge in [-0.3, -0.25) is 0 Å². The quantitative estimate of drug-likeness (QED) is 0.849. The highest BCUT2D eigenvalue weighted by Crippen LogP contribution is 2.31. The molecule has 3 rings (SSSR count). The van der Waals surface area contributed by atoms with Gasteiger partial charge in [-0.25, -0.2) is 4.39 Å². The normalized spacial score (nSPS) is 21.3. The molecule has 0 radical (unpaired) electrons. The van der Waals surface area contributed by atoms with Crippen LogP contribution < -0.4 is 10.2 Å². The zero-order valence-corrected chi connectivity index (χ0v) is 11.3. The summed E-state index contributed by atoms with van der Waals surface area (Å²) in [7, 11) is 0. The molecule has 4 heteroatoms. The number of nitrogens with zero attached hydrogens (tertiary/aromatic N) is 1. The molecule has 3 nitrogen and oxygen atoms in total. The number of benzene rings is 1. The van der Waals surface area contributed by atoms with Crippen LogP contribution in [0.2, 0.25) is 0 Å². The fourth-order valence-electron chi connectivity index (χ4n) is 2.87. The Morgan fingerprint density at radius 3 is 2.95 bits per heavy atom. The lowest BCUT2D eigenvalue weighted by Crippen LogP contribution is -2.54. The van der Waals surface area contributed by atoms with Crippen molar-refractivity contribution in [2.45, 2.75) is 37.8 Å². The van der Waals surface area contributed by atoms with Crippen LogP contribution in [0.15, 0.2) is 18.2 Å². The molecule has 19 heavy (non-hydrogen) atoms. The van der Waals surface area contributed by atoms with Crippen molar-refractivity contribution in [3.05, 3.63) is 29.6 Å². The standard InChI is InChI=1S/C15H21FN2O/c1-15(10-19,17-13-4-5-13)9-18-7-6-11-2-3-12(16)8-14(11)18/h2-3,8,13,17,19H,4-7,9-10H2,1H3. The Hall–Kier alpha value is -1.13. The van der Waals surface area contributed by atoms with Gasteiger partial charge in [0.1, 0.15) is 5.82 Å². The molecule has 1 fully saturated rings. The molecule has 1 unspecified atom stereocenters. The van der Waals surface area contributed by atoms with E-state index in [0.717, 1.165) is 25.2 Å². The van der Waals surface area contributed by atoms with Gasteiger partial charge in [0, 0.05) is 24.8 Å². The minimum absolute atomic E-state index is 0.102. The average Bonchev–Trinajstić information content (AvgIpc) is 3.11. The monoisotopic (exact) mass is 264 g/mol. The largest absolute Gasteiger partial charge is 0.394 e. The molecular formula is C15H21FN2O. The van der Waals surface area contributed by atoms with Crippen LogP contribution in [0, 0.1) is 5.82 Å². The predicted molar refractivity (Wildman–Crippen MR) is 74.0 cm³/mol. The number of rotatable bonds is 5. The predicted octanol–water partition coefficient (Wildman–Crippen LogP) is 1.69. The second-order valence-electron chi connectivity index (χ2n) is 6.08. The summed E-state index contributed by atoms with van der Waals surface area (Å²) in [6.45, 7) is 3.77. The van der Waals surface area contributed by atoms with Gasteiger partial charge in [-0.2, -0.15) is 0 Å². The summed E-state index contributed by atoms with van der Waals surface area (Å²) < 4.78 is 13.4. The molecule has 104 valence electrons. The number of aliphatic hydroxyl groups excluding tert-OH is 1. The van der Waals surface area contributed by atoms with Crippen molar-refractivity contribution < 1.29 is 9.50 Å². The summed E-state index contributed by atoms with van der Waals surface area (Å²) in [5.74, 6) is -0.188. The van der Waals surface area contributed by atoms with E-state index < -0.39 is 0 Å². The van der Waals surface area contributed by atoms with Gasteiger partial charge in [0.15, 0.2) is 0 Å². The molecule has 0 aromatic heterocycles. The van der Waals surface area contributed by atoms with Crippen molar-refractivity contribution in [2.24, 2.45) is 0 Å². The molecule has 0 saturated heterocycles. The van der Waals surface area contributed by atoms with Gasteiger partial charge in [-0.15, -0.1) is 0 Å². The summed E-state index contributed by atoms with van der Waals surface area (Å²) in [6, 6.07) is 5.55. The number of aliphatic hydroxyl groups is 1. The third-order valence-corrected chi connectivity index (χ3v) is 4.06. The van der Waals surface area contributed by atoms with Crippen LogP contribution in [0.5, 0.6) is 0 Å². The number of anilines is 1. The average molecular weight is 264 g/mol. The smallest absolute Gasteiger partial charge is 0.125 e. The van der Waals surface area contributed by atoms with E-state index in [-0.39, 0.29) is 18.0 Å². The Labute approximate surface area is 113 Å². The number of halogens is 1. The van der Waals surface area contributed by atoms with Gasteiger partial charge in [-0.05, 0) is 43.9 Å². The van der Waals surface area contributed by atoms with Crippen LogP contribution >= 0.6 is 0 Å². The number of nitrogens with one attached hydrogen (secondary N) is 1. The van der Waals surface area contributed by atoms with Crippen molar-refractivity contribution in [3.63, 3.8) is 0 Å². The zero-order valence-electron chi connectivity index (χ0n) is 11.3. The van der Waals surface area contributed by atoms with Crippen molar-refractivity contribution in [3.8, 4) is 0 Å². The first-order valence-corrected chi connectivity index (χ1v) is 7.02. The summed E-state index contributed by atoms with van der Waals surface area (Å²) in [6.07, 6.45) is 3.35. The van der Waals surface area contributed by atoms with Crippen LogP contribution in [0.25, 0.3) is 0 Å². The maximum absolute atomic E-state index is 13.4. The third kappa shape index (κ3) is 2.74. The van der Waals surface area contributed by atoms with Crippen LogP contribution in [0.4, 0.5) is 10.1 Å². The van der Waals surface area contributed by atoms with E-state index in [2.05, 4.69) is 10.2 Å². The van der Waals surface area contributed by atoms with Crippen molar-refractivity contribution >= 4 is 5.69 Å². The van der Waals surface area contributed by atoms with Crippen LogP contribution in [0.1, 0.15) is 25.3 Å². The highest BCUT2D eigenvalue weighted by atomic mass is 19.1. The molecular weight excluding hydrogens is 243 g/mol. The van der Waals surface area contributed by atoms with Gasteiger partial charge >= 0.3 is 0 Å². The molecule has 2 N–H and O–H groups in total. The maximum atomic E-state index is 13.4. The lowest BCUT2D eigenvalue weighted by Gasteiger charge is -2.34. The van der Waals surface area contributed by atoms with Crippen LogP contribution in [-0.4, -0.2) is 36.4 Å². The first kappa shape index (κ1) is 12.9. The van der Waals surface area contributed by atoms with Gasteiger partial charge in [0.2, 0.25) is 0 Å². The van der Waals surface area contributed by atoms with E-state index in [1.54, 1.807) is 6.07 Å². The molecule has 1 saturated carbocycles. The third-order valence-electron chi connectivity index (χ3n) is 4.06. The minimum atomic E-state index is -0.310. The Morgan fingerprint density at radius 2 is 2.26 bits per heavy atom. The van der Waals surface area contributed by atoms with Crippen molar-refractivity contribution in [1.29, 1.82) is 0 Å². The molecule has 1 aromatic rings. The number of hydrogen-bond donors (Lipinski definition) is 2. The summed E-state index contributed by atoms with van der Waals surface area (Å²) in [4.78, 5) is 2.18. The number of fused-ring (bicyclic) bond motifs is 1. The fraction of sp³-hybridized carbons (Fsp3) is 0.600. The van der Waals surface area contributed by atoms with E-state index in [4.69, 9.17) is 0 Å². The van der Waals surface area contributed by atoms with Gasteiger partial charge in [0.05, 0.1) is 12.1 Å². The molecule has 0 bridgehead atoms. The Morgan fingerprint density at radius 1 is 1.47 bits per heavy atom. The van der Waals surface area contributed by atoms with E-state index in [1.807, 2.05) is 13.0 Å². The number of hydrogen-bond acceptors (Lipinski definition) is 3. The lowest BCUT2D eigenvalue weighted by molar-refractivity contribution is 0.176. The molecule has 1 aliphatic carbocycles. The highest BCUT2D eigenvalue weighted by molar-refractivity contribution is 5.58. The first-order valence-electron chi connectivity index (χ1n) is 7.02. The Balaban J connectivity index is 1.75. The topological polar surface area (TPSA) is 35.5 Å². The fourth-order valence-corrected chi connectivity index (χ4v) is 2.87. The molecule has 0 spiro atoms. The van der Waals surface area contributed by atoms with Crippen LogP contribution in [-0.2, 0) is 6.42 Å². The molecule has 1 aliphatic heterocycles. The highest BCUT2D eigenvalue weighted by Gasteiger charge is 2.35. The molecule has 2 aliphatic rings. The molecule has 0 amide bonds. The first-order chi connectivity index (χ1) is 9.09. The molecule has 1 atom stereocenters. The van der Waals surface area contributed by atoms with E-state index in [9.17, 15) is 9.50 Å². The summed E-state index contributed by atoms with van der Waals surface area (Å²) in [5, 5.41) is 13.2. The van der Waals surface area contributed by atoms with E-state index in [1.165, 1.54) is 24.5 Å². The van der Waals surface area contributed by atoms with Gasteiger partial charge in [-0.1, -0.05) is 6.07 Å². The summed E-state index contributed by atoms with van der Waals surface area (Å²) in [5.41, 5.74) is 1.88. The second-order valence-corrected chi connectivity index (χ2v) is 6.08. The molecule has 1 heterocycles. The Bertz CT molecular complexity index is 475. The maximum Gasteiger partial charge on any atom is 0.125 e. The van der Waals surface area contributed by atoms with E-state index >= 15 is 0 Å². The van der Waals surface area contributed by atoms with Gasteiger partial charge < -0.3 is 15.3 Å².